The zero-order chi connectivity index (χ0) is 18.8. The number of fused-ring (bicyclic) bond motifs is 1. The third kappa shape index (κ3) is 3.49. The van der Waals surface area contributed by atoms with E-state index in [1.165, 1.54) is 18.2 Å². The summed E-state index contributed by atoms with van der Waals surface area (Å²) < 4.78 is 32.6. The Morgan fingerprint density at radius 3 is 2.69 bits per heavy atom. The van der Waals surface area contributed by atoms with Crippen molar-refractivity contribution >= 4 is 11.7 Å². The fourth-order valence-electron chi connectivity index (χ4n) is 3.33. The number of carbonyl (C=O) groups excluding carboxylic acids is 1. The first kappa shape index (κ1) is 18.2. The highest BCUT2D eigenvalue weighted by atomic mass is 19.1. The van der Waals surface area contributed by atoms with Crippen molar-refractivity contribution in [3.8, 4) is 5.75 Å². The van der Waals surface area contributed by atoms with Gasteiger partial charge in [-0.3, -0.25) is 0 Å². The van der Waals surface area contributed by atoms with Gasteiger partial charge < -0.3 is 15.0 Å². The van der Waals surface area contributed by atoms with E-state index in [4.69, 9.17) is 4.74 Å². The van der Waals surface area contributed by atoms with Gasteiger partial charge in [0.05, 0.1) is 12.8 Å². The first-order valence-electron chi connectivity index (χ1n) is 8.60. The summed E-state index contributed by atoms with van der Waals surface area (Å²) in [5, 5.41) is 2.46. The van der Waals surface area contributed by atoms with Crippen LogP contribution in [0.25, 0.3) is 0 Å². The number of nitrogens with zero attached hydrogens (tertiary/aromatic N) is 1. The maximum Gasteiger partial charge on any atom is 0.322 e. The second-order valence-corrected chi connectivity index (χ2v) is 6.71. The van der Waals surface area contributed by atoms with Crippen molar-refractivity contribution in [3.05, 3.63) is 58.7 Å². The molecule has 1 aliphatic rings. The van der Waals surface area contributed by atoms with E-state index in [9.17, 15) is 13.6 Å². The second-order valence-electron chi connectivity index (χ2n) is 6.71. The summed E-state index contributed by atoms with van der Waals surface area (Å²) in [6.45, 7) is 5.27. The molecular formula is C20H22F2N2O2. The minimum atomic E-state index is -0.740. The first-order chi connectivity index (χ1) is 12.4. The fraction of sp³-hybridized carbons (Fsp3) is 0.350. The Morgan fingerprint density at radius 2 is 2.00 bits per heavy atom. The van der Waals surface area contributed by atoms with Crippen LogP contribution in [0, 0.1) is 11.6 Å². The van der Waals surface area contributed by atoms with Gasteiger partial charge in [-0.05, 0) is 29.0 Å². The van der Waals surface area contributed by atoms with Crippen LogP contribution in [0.5, 0.6) is 5.75 Å². The average molecular weight is 360 g/mol. The number of nitrogens with one attached hydrogen (secondary N) is 1. The number of ether oxygens (including phenoxy) is 1. The predicted octanol–water partition coefficient (Wildman–Crippen LogP) is 4.69. The molecule has 0 saturated heterocycles. The van der Waals surface area contributed by atoms with Crippen molar-refractivity contribution < 1.29 is 18.3 Å². The molecule has 4 nitrogen and oxygen atoms in total. The Morgan fingerprint density at radius 1 is 1.23 bits per heavy atom. The molecule has 1 heterocycles. The average Bonchev–Trinajstić information content (AvgIpc) is 2.63. The van der Waals surface area contributed by atoms with Gasteiger partial charge in [-0.1, -0.05) is 32.0 Å². The number of halogens is 2. The lowest BCUT2D eigenvalue weighted by atomic mass is 9.89. The van der Waals surface area contributed by atoms with Gasteiger partial charge in [0.1, 0.15) is 0 Å². The van der Waals surface area contributed by atoms with Gasteiger partial charge in [-0.25, -0.2) is 13.6 Å². The summed E-state index contributed by atoms with van der Waals surface area (Å²) in [5.74, 6) is -1.25. The summed E-state index contributed by atoms with van der Waals surface area (Å²) in [5.41, 5.74) is 3.48. The molecule has 0 radical (unpaired) electrons. The van der Waals surface area contributed by atoms with Crippen molar-refractivity contribution in [1.29, 1.82) is 0 Å². The molecule has 0 spiro atoms. The highest BCUT2D eigenvalue weighted by Gasteiger charge is 2.24. The Bertz CT molecular complexity index is 837. The molecular weight excluding hydrogens is 338 g/mol. The van der Waals surface area contributed by atoms with Gasteiger partial charge >= 0.3 is 6.03 Å². The molecule has 0 bridgehead atoms. The molecule has 138 valence electrons. The fourth-order valence-corrected chi connectivity index (χ4v) is 3.33. The van der Waals surface area contributed by atoms with E-state index in [1.54, 1.807) is 4.90 Å². The maximum atomic E-state index is 14.0. The monoisotopic (exact) mass is 360 g/mol. The molecule has 0 saturated carbocycles. The summed E-state index contributed by atoms with van der Waals surface area (Å²) in [7, 11) is 1.26. The number of benzene rings is 2. The minimum Gasteiger partial charge on any atom is -0.494 e. The summed E-state index contributed by atoms with van der Waals surface area (Å²) in [6, 6.07) is 7.53. The molecule has 1 N–H and O–H groups in total. The molecule has 0 aliphatic carbocycles. The number of hydrogen-bond donors (Lipinski definition) is 1. The topological polar surface area (TPSA) is 41.6 Å². The molecule has 0 aromatic heterocycles. The quantitative estimate of drug-likeness (QED) is 0.863. The molecule has 2 aromatic carbocycles. The van der Waals surface area contributed by atoms with Gasteiger partial charge in [-0.2, -0.15) is 0 Å². The van der Waals surface area contributed by atoms with Gasteiger partial charge in [0.25, 0.3) is 0 Å². The van der Waals surface area contributed by atoms with E-state index in [0.29, 0.717) is 19.0 Å². The molecule has 2 amide bonds. The van der Waals surface area contributed by atoms with Crippen LogP contribution in [-0.4, -0.2) is 24.6 Å². The van der Waals surface area contributed by atoms with Crippen LogP contribution in [-0.2, 0) is 13.0 Å². The number of rotatable bonds is 3. The van der Waals surface area contributed by atoms with Crippen LogP contribution in [0.2, 0.25) is 0 Å². The number of carbonyl (C=O) groups is 1. The normalized spacial score (nSPS) is 13.5. The van der Waals surface area contributed by atoms with Crippen LogP contribution < -0.4 is 10.1 Å². The van der Waals surface area contributed by atoms with E-state index < -0.39 is 17.7 Å². The van der Waals surface area contributed by atoms with E-state index in [-0.39, 0.29) is 11.4 Å². The molecule has 2 aromatic rings. The van der Waals surface area contributed by atoms with Gasteiger partial charge in [0, 0.05) is 25.2 Å². The van der Waals surface area contributed by atoms with E-state index in [2.05, 4.69) is 25.2 Å². The van der Waals surface area contributed by atoms with Gasteiger partial charge in [0.15, 0.2) is 17.4 Å². The Labute approximate surface area is 151 Å². The number of amides is 2. The molecule has 6 heteroatoms. The number of hydrogen-bond acceptors (Lipinski definition) is 2. The third-order valence-corrected chi connectivity index (χ3v) is 4.69. The van der Waals surface area contributed by atoms with Gasteiger partial charge in [-0.15, -0.1) is 0 Å². The number of methoxy groups -OCH3 is 1. The lowest BCUT2D eigenvalue weighted by Gasteiger charge is -2.31. The standard InChI is InChI=1S/C20H22F2N2O2/c1-12(2)14-6-4-5-13-11-24(8-7-15(13)14)20(25)23-18-9-17(22)19(26-3)10-16(18)21/h4-6,9-10,12H,7-8,11H2,1-3H3,(H,23,25). The van der Waals surface area contributed by atoms with Crippen LogP contribution >= 0.6 is 0 Å². The van der Waals surface area contributed by atoms with E-state index in [0.717, 1.165) is 24.1 Å². The number of anilines is 1. The molecule has 26 heavy (non-hydrogen) atoms. The second kappa shape index (κ2) is 7.32. The highest BCUT2D eigenvalue weighted by molar-refractivity contribution is 5.89. The molecule has 0 unspecified atom stereocenters. The summed E-state index contributed by atoms with van der Waals surface area (Å²) >= 11 is 0. The summed E-state index contributed by atoms with van der Waals surface area (Å²) in [6.07, 6.45) is 0.747. The van der Waals surface area contributed by atoms with Crippen molar-refractivity contribution in [2.24, 2.45) is 0 Å². The van der Waals surface area contributed by atoms with E-state index in [1.807, 2.05) is 12.1 Å². The maximum absolute atomic E-state index is 14.0. The van der Waals surface area contributed by atoms with Crippen LogP contribution in [0.3, 0.4) is 0 Å². The zero-order valence-electron chi connectivity index (χ0n) is 15.1. The van der Waals surface area contributed by atoms with Crippen molar-refractivity contribution in [2.45, 2.75) is 32.7 Å². The zero-order valence-corrected chi connectivity index (χ0v) is 15.1. The molecule has 3 rings (SSSR count). The van der Waals surface area contributed by atoms with Gasteiger partial charge in [0.2, 0.25) is 0 Å². The smallest absolute Gasteiger partial charge is 0.322 e. The highest BCUT2D eigenvalue weighted by Crippen LogP contribution is 2.29. The molecule has 0 atom stereocenters. The largest absolute Gasteiger partial charge is 0.494 e. The SMILES string of the molecule is COc1cc(F)c(NC(=O)N2CCc3c(cccc3C(C)C)C2)cc1F. The Kier molecular flexibility index (Phi) is 5.11. The number of urea groups is 1. The Hall–Kier alpha value is -2.63. The first-order valence-corrected chi connectivity index (χ1v) is 8.60. The van der Waals surface area contributed by atoms with Crippen molar-refractivity contribution in [3.63, 3.8) is 0 Å². The minimum absolute atomic E-state index is 0.199. The third-order valence-electron chi connectivity index (χ3n) is 4.69. The Balaban J connectivity index is 1.77. The van der Waals surface area contributed by atoms with Crippen LogP contribution in [0.4, 0.5) is 19.3 Å². The lowest BCUT2D eigenvalue weighted by molar-refractivity contribution is 0.206. The van der Waals surface area contributed by atoms with Crippen molar-refractivity contribution in [1.82, 2.24) is 4.90 Å². The summed E-state index contributed by atoms with van der Waals surface area (Å²) in [4.78, 5) is 14.1. The molecule has 1 aliphatic heterocycles. The van der Waals surface area contributed by atoms with Crippen molar-refractivity contribution in [2.75, 3.05) is 19.0 Å². The predicted molar refractivity (Wildman–Crippen MR) is 96.6 cm³/mol. The van der Waals surface area contributed by atoms with Crippen LogP contribution in [0.15, 0.2) is 30.3 Å². The molecule has 0 fully saturated rings. The lowest BCUT2D eigenvalue weighted by Crippen LogP contribution is -2.39. The van der Waals surface area contributed by atoms with E-state index >= 15 is 0 Å². The van der Waals surface area contributed by atoms with Crippen LogP contribution in [0.1, 0.15) is 36.5 Å².